The fraction of sp³-hybridized carbons (Fsp3) is 0.174. The molecule has 2 aliphatic heterocycles. The SMILES string of the molecule is O=C1NC(=O)C(c2cncc3ccoc23)=C1c1cn2c3c(cccc13)CCCC2. The molecule has 6 nitrogen and oxygen atoms in total. The second-order valence-corrected chi connectivity index (χ2v) is 7.57. The summed E-state index contributed by atoms with van der Waals surface area (Å²) in [6, 6.07) is 8.00. The second-order valence-electron chi connectivity index (χ2n) is 7.57. The molecule has 0 saturated heterocycles. The van der Waals surface area contributed by atoms with Crippen LogP contribution in [0.25, 0.3) is 33.0 Å². The Hall–Kier alpha value is -3.67. The number of aromatic nitrogens is 2. The van der Waals surface area contributed by atoms with Crippen LogP contribution in [0.3, 0.4) is 0 Å². The van der Waals surface area contributed by atoms with Gasteiger partial charge in [0.05, 0.1) is 22.9 Å². The van der Waals surface area contributed by atoms with Crippen LogP contribution in [0.2, 0.25) is 0 Å². The summed E-state index contributed by atoms with van der Waals surface area (Å²) in [6.07, 6.45) is 10.1. The van der Waals surface area contributed by atoms with Gasteiger partial charge in [0, 0.05) is 47.0 Å². The molecule has 0 bridgehead atoms. The third kappa shape index (κ3) is 2.26. The molecule has 142 valence electrons. The molecule has 0 fully saturated rings. The predicted octanol–water partition coefficient (Wildman–Crippen LogP) is 3.69. The molecule has 5 heterocycles. The van der Waals surface area contributed by atoms with Gasteiger partial charge in [-0.2, -0.15) is 0 Å². The second kappa shape index (κ2) is 5.91. The van der Waals surface area contributed by atoms with E-state index < -0.39 is 5.91 Å². The van der Waals surface area contributed by atoms with E-state index in [-0.39, 0.29) is 5.91 Å². The molecule has 4 aromatic rings. The highest BCUT2D eigenvalue weighted by Gasteiger charge is 2.35. The highest BCUT2D eigenvalue weighted by atomic mass is 16.3. The Balaban J connectivity index is 1.69. The van der Waals surface area contributed by atoms with Crippen LogP contribution >= 0.6 is 0 Å². The Morgan fingerprint density at radius 1 is 1.00 bits per heavy atom. The predicted molar refractivity (Wildman–Crippen MR) is 109 cm³/mol. The summed E-state index contributed by atoms with van der Waals surface area (Å²) in [7, 11) is 0. The summed E-state index contributed by atoms with van der Waals surface area (Å²) in [4.78, 5) is 30.0. The van der Waals surface area contributed by atoms with Gasteiger partial charge in [0.15, 0.2) is 0 Å². The summed E-state index contributed by atoms with van der Waals surface area (Å²) >= 11 is 0. The van der Waals surface area contributed by atoms with Gasteiger partial charge >= 0.3 is 0 Å². The Bertz CT molecular complexity index is 1370. The molecule has 1 N–H and O–H groups in total. The van der Waals surface area contributed by atoms with Crippen molar-refractivity contribution in [3.05, 3.63) is 65.8 Å². The Morgan fingerprint density at radius 2 is 1.86 bits per heavy atom. The molecule has 0 atom stereocenters. The molecule has 29 heavy (non-hydrogen) atoms. The largest absolute Gasteiger partial charge is 0.464 e. The summed E-state index contributed by atoms with van der Waals surface area (Å²) < 4.78 is 7.84. The van der Waals surface area contributed by atoms with Crippen molar-refractivity contribution in [2.75, 3.05) is 0 Å². The lowest BCUT2D eigenvalue weighted by Crippen LogP contribution is -2.22. The third-order valence-electron chi connectivity index (χ3n) is 5.90. The number of hydrogen-bond acceptors (Lipinski definition) is 4. The molecule has 0 saturated carbocycles. The number of fused-ring (bicyclic) bond motifs is 1. The lowest BCUT2D eigenvalue weighted by atomic mass is 9.95. The number of benzene rings is 1. The zero-order chi connectivity index (χ0) is 19.5. The van der Waals surface area contributed by atoms with Gasteiger partial charge in [-0.05, 0) is 30.9 Å². The molecule has 6 heteroatoms. The van der Waals surface area contributed by atoms with Crippen molar-refractivity contribution in [2.45, 2.75) is 25.8 Å². The van der Waals surface area contributed by atoms with Gasteiger partial charge in [-0.3, -0.25) is 19.9 Å². The van der Waals surface area contributed by atoms with E-state index >= 15 is 0 Å². The monoisotopic (exact) mass is 383 g/mol. The van der Waals surface area contributed by atoms with Gasteiger partial charge in [0.25, 0.3) is 11.8 Å². The van der Waals surface area contributed by atoms with E-state index in [9.17, 15) is 9.59 Å². The number of carbonyl (C=O) groups excluding carboxylic acids is 2. The van der Waals surface area contributed by atoms with Crippen molar-refractivity contribution in [1.29, 1.82) is 0 Å². The lowest BCUT2D eigenvalue weighted by molar-refractivity contribution is -0.122. The molecule has 0 radical (unpaired) electrons. The van der Waals surface area contributed by atoms with E-state index in [2.05, 4.69) is 20.9 Å². The topological polar surface area (TPSA) is 77.1 Å². The molecule has 6 rings (SSSR count). The van der Waals surface area contributed by atoms with Crippen LogP contribution < -0.4 is 5.32 Å². The summed E-state index contributed by atoms with van der Waals surface area (Å²) in [5.41, 5.74) is 5.04. The number of pyridine rings is 1. The average molecular weight is 383 g/mol. The number of nitrogens with one attached hydrogen (secondary N) is 1. The highest BCUT2D eigenvalue weighted by molar-refractivity contribution is 6.50. The van der Waals surface area contributed by atoms with Crippen molar-refractivity contribution < 1.29 is 14.0 Å². The van der Waals surface area contributed by atoms with E-state index in [1.54, 1.807) is 24.7 Å². The molecule has 0 unspecified atom stereocenters. The van der Waals surface area contributed by atoms with Crippen LogP contribution in [0.1, 0.15) is 29.5 Å². The number of amides is 2. The number of aryl methyl sites for hydroxylation is 2. The number of furan rings is 1. The van der Waals surface area contributed by atoms with Gasteiger partial charge < -0.3 is 8.98 Å². The normalized spacial score (nSPS) is 16.7. The molecular weight excluding hydrogens is 366 g/mol. The number of nitrogens with zero attached hydrogens (tertiary/aromatic N) is 2. The fourth-order valence-corrected chi connectivity index (χ4v) is 4.65. The summed E-state index contributed by atoms with van der Waals surface area (Å²) in [6.45, 7) is 0.904. The molecule has 0 spiro atoms. The number of hydrogen-bond donors (Lipinski definition) is 1. The first kappa shape index (κ1) is 16.3. The zero-order valence-electron chi connectivity index (χ0n) is 15.6. The molecular formula is C23H17N3O3. The zero-order valence-corrected chi connectivity index (χ0v) is 15.6. The molecule has 2 amide bonds. The van der Waals surface area contributed by atoms with E-state index in [1.165, 1.54) is 5.56 Å². The van der Waals surface area contributed by atoms with Crippen molar-refractivity contribution in [3.63, 3.8) is 0 Å². The number of rotatable bonds is 2. The van der Waals surface area contributed by atoms with Crippen molar-refractivity contribution in [3.8, 4) is 0 Å². The first-order valence-corrected chi connectivity index (χ1v) is 9.75. The van der Waals surface area contributed by atoms with Crippen LogP contribution in [0.4, 0.5) is 0 Å². The summed E-state index contributed by atoms with van der Waals surface area (Å²) in [5, 5.41) is 4.27. The maximum atomic E-state index is 12.9. The Kier molecular flexibility index (Phi) is 3.32. The van der Waals surface area contributed by atoms with Gasteiger partial charge in [0.1, 0.15) is 5.58 Å². The van der Waals surface area contributed by atoms with Crippen LogP contribution in [0.15, 0.2) is 53.5 Å². The van der Waals surface area contributed by atoms with E-state index in [4.69, 9.17) is 4.42 Å². The Morgan fingerprint density at radius 3 is 2.76 bits per heavy atom. The smallest absolute Gasteiger partial charge is 0.259 e. The maximum absolute atomic E-state index is 12.9. The maximum Gasteiger partial charge on any atom is 0.259 e. The minimum atomic E-state index is -0.417. The number of imide groups is 1. The van der Waals surface area contributed by atoms with Crippen LogP contribution in [0, 0.1) is 0 Å². The van der Waals surface area contributed by atoms with Gasteiger partial charge in [-0.25, -0.2) is 0 Å². The average Bonchev–Trinajstić information content (AvgIpc) is 3.36. The highest BCUT2D eigenvalue weighted by Crippen LogP contribution is 2.39. The standard InChI is InChI=1S/C23H17N3O3/c27-22-18(16-11-24-10-14-7-9-29-21(14)16)19(23(28)25-22)17-12-26-8-2-1-4-13-5-3-6-15(17)20(13)26/h3,5-7,9-12H,1-2,4,8H2,(H,25,27,28). The first-order valence-electron chi connectivity index (χ1n) is 9.75. The van der Waals surface area contributed by atoms with Crippen LogP contribution in [-0.4, -0.2) is 21.4 Å². The lowest BCUT2D eigenvalue weighted by Gasteiger charge is -2.05. The molecule has 0 aliphatic carbocycles. The van der Waals surface area contributed by atoms with E-state index in [1.807, 2.05) is 18.3 Å². The van der Waals surface area contributed by atoms with Crippen molar-refractivity contribution in [2.24, 2.45) is 0 Å². The molecule has 1 aromatic carbocycles. The quantitative estimate of drug-likeness (QED) is 0.536. The van der Waals surface area contributed by atoms with Gasteiger partial charge in [-0.1, -0.05) is 18.2 Å². The molecule has 3 aromatic heterocycles. The number of para-hydroxylation sites is 1. The molecule has 2 aliphatic rings. The van der Waals surface area contributed by atoms with Crippen LogP contribution in [-0.2, 0) is 22.6 Å². The van der Waals surface area contributed by atoms with Gasteiger partial charge in [0.2, 0.25) is 0 Å². The fourth-order valence-electron chi connectivity index (χ4n) is 4.65. The first-order chi connectivity index (χ1) is 14.2. The summed E-state index contributed by atoms with van der Waals surface area (Å²) in [5.74, 6) is -0.796. The van der Waals surface area contributed by atoms with Crippen LogP contribution in [0.5, 0.6) is 0 Å². The van der Waals surface area contributed by atoms with Crippen molar-refractivity contribution in [1.82, 2.24) is 14.9 Å². The Labute approximate surface area is 165 Å². The minimum absolute atomic E-state index is 0.324. The van der Waals surface area contributed by atoms with Gasteiger partial charge in [-0.15, -0.1) is 0 Å². The van der Waals surface area contributed by atoms with E-state index in [0.29, 0.717) is 22.3 Å². The third-order valence-corrected chi connectivity index (χ3v) is 5.90. The van der Waals surface area contributed by atoms with Crippen molar-refractivity contribution >= 4 is 44.8 Å². The van der Waals surface area contributed by atoms with E-state index in [0.717, 1.165) is 47.7 Å². The number of carbonyl (C=O) groups is 2. The minimum Gasteiger partial charge on any atom is -0.464 e.